The highest BCUT2D eigenvalue weighted by Crippen LogP contribution is 2.29. The first-order valence-electron chi connectivity index (χ1n) is 6.76. The topological polar surface area (TPSA) is 39.7 Å². The summed E-state index contributed by atoms with van der Waals surface area (Å²) in [7, 11) is 3.32. The van der Waals surface area contributed by atoms with Gasteiger partial charge in [0.05, 0.1) is 27.4 Å². The summed E-state index contributed by atoms with van der Waals surface area (Å²) in [4.78, 5) is 0. The molecular formula is C16H25NO3. The van der Waals surface area contributed by atoms with Crippen LogP contribution in [0.3, 0.4) is 0 Å². The number of hydrogen-bond acceptors (Lipinski definition) is 4. The summed E-state index contributed by atoms with van der Waals surface area (Å²) in [6, 6.07) is 6.03. The van der Waals surface area contributed by atoms with Gasteiger partial charge in [-0.1, -0.05) is 18.2 Å². The Labute approximate surface area is 121 Å². The van der Waals surface area contributed by atoms with Crippen molar-refractivity contribution in [1.82, 2.24) is 5.32 Å². The molecule has 112 valence electrons. The molecule has 0 spiro atoms. The fraction of sp³-hybridized carbons (Fsp3) is 0.500. The third-order valence-corrected chi connectivity index (χ3v) is 2.95. The molecular weight excluding hydrogens is 254 g/mol. The molecule has 0 heterocycles. The molecule has 20 heavy (non-hydrogen) atoms. The second-order valence-electron chi connectivity index (χ2n) is 4.79. The number of hydrogen-bond donors (Lipinski definition) is 1. The van der Waals surface area contributed by atoms with Gasteiger partial charge in [0.25, 0.3) is 0 Å². The first kappa shape index (κ1) is 16.5. The molecule has 4 heteroatoms. The molecule has 1 unspecified atom stereocenters. The molecule has 0 aliphatic rings. The Hall–Kier alpha value is -1.52. The van der Waals surface area contributed by atoms with E-state index in [4.69, 9.17) is 14.2 Å². The van der Waals surface area contributed by atoms with E-state index in [0.717, 1.165) is 29.2 Å². The first-order valence-corrected chi connectivity index (χ1v) is 6.76. The van der Waals surface area contributed by atoms with Crippen molar-refractivity contribution in [3.8, 4) is 11.5 Å². The third-order valence-electron chi connectivity index (χ3n) is 2.95. The van der Waals surface area contributed by atoms with Crippen molar-refractivity contribution in [2.24, 2.45) is 0 Å². The number of methoxy groups -OCH3 is 2. The zero-order chi connectivity index (χ0) is 15.0. The monoisotopic (exact) mass is 279 g/mol. The predicted molar refractivity (Wildman–Crippen MR) is 81.6 cm³/mol. The maximum atomic E-state index is 5.46. The van der Waals surface area contributed by atoms with Crippen LogP contribution in [0.5, 0.6) is 11.5 Å². The number of ether oxygens (including phenoxy) is 3. The fourth-order valence-corrected chi connectivity index (χ4v) is 1.88. The van der Waals surface area contributed by atoms with E-state index in [1.165, 1.54) is 0 Å². The highest BCUT2D eigenvalue weighted by Gasteiger charge is 2.11. The van der Waals surface area contributed by atoms with Crippen LogP contribution >= 0.6 is 0 Å². The lowest BCUT2D eigenvalue weighted by Gasteiger charge is -2.18. The lowest BCUT2D eigenvalue weighted by atomic mass is 10.1. The molecule has 0 aromatic heterocycles. The normalized spacial score (nSPS) is 12.0. The Bertz CT molecular complexity index is 432. The molecule has 1 N–H and O–H groups in total. The molecule has 1 aromatic carbocycles. The number of nitrogens with one attached hydrogen (secondary N) is 1. The van der Waals surface area contributed by atoms with Crippen LogP contribution in [0.25, 0.3) is 0 Å². The smallest absolute Gasteiger partial charge is 0.127 e. The Kier molecular flexibility index (Phi) is 7.12. The molecule has 0 aliphatic carbocycles. The van der Waals surface area contributed by atoms with E-state index in [1.807, 2.05) is 25.1 Å². The van der Waals surface area contributed by atoms with Gasteiger partial charge < -0.3 is 19.5 Å². The van der Waals surface area contributed by atoms with Crippen LogP contribution < -0.4 is 14.8 Å². The lowest BCUT2D eigenvalue weighted by molar-refractivity contribution is 0.155. The number of benzene rings is 1. The molecule has 4 nitrogen and oxygen atoms in total. The minimum Gasteiger partial charge on any atom is -0.497 e. The fourth-order valence-electron chi connectivity index (χ4n) is 1.88. The van der Waals surface area contributed by atoms with E-state index in [9.17, 15) is 0 Å². The van der Waals surface area contributed by atoms with E-state index in [-0.39, 0.29) is 6.04 Å². The molecule has 0 aliphatic heterocycles. The van der Waals surface area contributed by atoms with Gasteiger partial charge in [-0.3, -0.25) is 0 Å². The third kappa shape index (κ3) is 5.23. The lowest BCUT2D eigenvalue weighted by Crippen LogP contribution is -2.24. The van der Waals surface area contributed by atoms with Gasteiger partial charge in [-0.2, -0.15) is 0 Å². The van der Waals surface area contributed by atoms with E-state index in [2.05, 4.69) is 18.8 Å². The van der Waals surface area contributed by atoms with Crippen LogP contribution in [0.1, 0.15) is 25.5 Å². The average molecular weight is 279 g/mol. The van der Waals surface area contributed by atoms with Crippen LogP contribution in [0, 0.1) is 0 Å². The molecule has 0 fully saturated rings. The maximum absolute atomic E-state index is 5.46. The van der Waals surface area contributed by atoms with Gasteiger partial charge >= 0.3 is 0 Å². The second-order valence-corrected chi connectivity index (χ2v) is 4.79. The Morgan fingerprint density at radius 2 is 2.05 bits per heavy atom. The van der Waals surface area contributed by atoms with E-state index in [1.54, 1.807) is 14.2 Å². The van der Waals surface area contributed by atoms with E-state index in [0.29, 0.717) is 13.2 Å². The Morgan fingerprint density at radius 1 is 1.30 bits per heavy atom. The van der Waals surface area contributed by atoms with Crippen molar-refractivity contribution in [2.75, 3.05) is 34.0 Å². The van der Waals surface area contributed by atoms with Gasteiger partial charge in [-0.05, 0) is 19.9 Å². The summed E-state index contributed by atoms with van der Waals surface area (Å²) in [5, 5.41) is 3.41. The van der Waals surface area contributed by atoms with Gasteiger partial charge in [0.1, 0.15) is 11.5 Å². The Balaban J connectivity index is 2.50. The molecule has 0 amide bonds. The summed E-state index contributed by atoms with van der Waals surface area (Å²) < 4.78 is 16.1. The van der Waals surface area contributed by atoms with Crippen molar-refractivity contribution in [1.29, 1.82) is 0 Å². The zero-order valence-electron chi connectivity index (χ0n) is 12.9. The van der Waals surface area contributed by atoms with Crippen molar-refractivity contribution in [3.63, 3.8) is 0 Å². The van der Waals surface area contributed by atoms with E-state index < -0.39 is 0 Å². The molecule has 0 saturated heterocycles. The largest absolute Gasteiger partial charge is 0.497 e. The Morgan fingerprint density at radius 3 is 2.65 bits per heavy atom. The first-order chi connectivity index (χ1) is 9.58. The van der Waals surface area contributed by atoms with Crippen LogP contribution in [0.2, 0.25) is 0 Å². The SMILES string of the molecule is C=C(C)COCCNC(C)c1ccc(OC)cc1OC. The molecule has 1 rings (SSSR count). The average Bonchev–Trinajstić information content (AvgIpc) is 2.45. The minimum absolute atomic E-state index is 0.185. The molecule has 1 atom stereocenters. The van der Waals surface area contributed by atoms with Crippen LogP contribution in [-0.2, 0) is 4.74 Å². The van der Waals surface area contributed by atoms with Crippen molar-refractivity contribution in [2.45, 2.75) is 19.9 Å². The highest BCUT2D eigenvalue weighted by atomic mass is 16.5. The quantitative estimate of drug-likeness (QED) is 0.557. The van der Waals surface area contributed by atoms with E-state index >= 15 is 0 Å². The molecule has 1 aromatic rings. The molecule has 0 bridgehead atoms. The van der Waals surface area contributed by atoms with Crippen molar-refractivity contribution >= 4 is 0 Å². The summed E-state index contributed by atoms with van der Waals surface area (Å²) in [6.07, 6.45) is 0. The summed E-state index contributed by atoms with van der Waals surface area (Å²) in [6.45, 7) is 9.91. The standard InChI is InChI=1S/C16H25NO3/c1-12(2)11-20-9-8-17-13(3)15-7-6-14(18-4)10-16(15)19-5/h6-7,10,13,17H,1,8-9,11H2,2-5H3. The van der Waals surface area contributed by atoms with Gasteiger partial charge in [0.15, 0.2) is 0 Å². The van der Waals surface area contributed by atoms with Crippen LogP contribution in [0.4, 0.5) is 0 Å². The summed E-state index contributed by atoms with van der Waals surface area (Å²) >= 11 is 0. The van der Waals surface area contributed by atoms with Gasteiger partial charge in [0.2, 0.25) is 0 Å². The van der Waals surface area contributed by atoms with Gasteiger partial charge in [0, 0.05) is 24.2 Å². The minimum atomic E-state index is 0.185. The number of rotatable bonds is 9. The second kappa shape index (κ2) is 8.61. The predicted octanol–water partition coefficient (Wildman–Crippen LogP) is 2.95. The summed E-state index contributed by atoms with van der Waals surface area (Å²) in [5.41, 5.74) is 2.14. The zero-order valence-corrected chi connectivity index (χ0v) is 12.9. The van der Waals surface area contributed by atoms with Crippen LogP contribution in [0.15, 0.2) is 30.4 Å². The highest BCUT2D eigenvalue weighted by molar-refractivity contribution is 5.42. The molecule has 0 saturated carbocycles. The maximum Gasteiger partial charge on any atom is 0.127 e. The van der Waals surface area contributed by atoms with Crippen molar-refractivity contribution in [3.05, 3.63) is 35.9 Å². The van der Waals surface area contributed by atoms with Crippen molar-refractivity contribution < 1.29 is 14.2 Å². The van der Waals surface area contributed by atoms with Gasteiger partial charge in [-0.15, -0.1) is 0 Å². The molecule has 0 radical (unpaired) electrons. The van der Waals surface area contributed by atoms with Crippen LogP contribution in [-0.4, -0.2) is 34.0 Å². The summed E-state index contributed by atoms with van der Waals surface area (Å²) in [5.74, 6) is 1.62. The van der Waals surface area contributed by atoms with Gasteiger partial charge in [-0.25, -0.2) is 0 Å².